The Morgan fingerprint density at radius 3 is 2.44 bits per heavy atom. The molecular formula is C15H26O. The standard InChI is InChI=1S/C15H26O/c1-10-5-6-11-9-14(4)8-7-12(11)15(10,16)13(14,2)3/h10-12,16H,5-9H2,1-4H3. The molecule has 5 unspecified atom stereocenters. The minimum absolute atomic E-state index is 0.0965. The molecule has 1 N–H and O–H groups in total. The zero-order valence-electron chi connectivity index (χ0n) is 11.2. The highest BCUT2D eigenvalue weighted by atomic mass is 16.3. The first-order valence-electron chi connectivity index (χ1n) is 7.05. The minimum Gasteiger partial charge on any atom is -0.389 e. The number of aliphatic hydroxyl groups is 1. The van der Waals surface area contributed by atoms with Gasteiger partial charge in [0.2, 0.25) is 0 Å². The van der Waals surface area contributed by atoms with E-state index in [1.54, 1.807) is 0 Å². The van der Waals surface area contributed by atoms with Gasteiger partial charge in [-0.25, -0.2) is 0 Å². The monoisotopic (exact) mass is 222 g/mol. The van der Waals surface area contributed by atoms with Gasteiger partial charge in [-0.15, -0.1) is 0 Å². The summed E-state index contributed by atoms with van der Waals surface area (Å²) in [6, 6.07) is 0. The first-order chi connectivity index (χ1) is 7.33. The summed E-state index contributed by atoms with van der Waals surface area (Å²) in [6.45, 7) is 9.37. The van der Waals surface area contributed by atoms with Crippen molar-refractivity contribution in [2.24, 2.45) is 28.6 Å². The van der Waals surface area contributed by atoms with Crippen molar-refractivity contribution < 1.29 is 5.11 Å². The van der Waals surface area contributed by atoms with E-state index < -0.39 is 0 Å². The molecule has 0 radical (unpaired) electrons. The normalized spacial score (nSPS) is 58.7. The fourth-order valence-electron chi connectivity index (χ4n) is 5.60. The van der Waals surface area contributed by atoms with Gasteiger partial charge in [0.15, 0.2) is 0 Å². The summed E-state index contributed by atoms with van der Waals surface area (Å²) in [5, 5.41) is 11.4. The summed E-state index contributed by atoms with van der Waals surface area (Å²) < 4.78 is 0. The van der Waals surface area contributed by atoms with E-state index in [0.29, 0.717) is 17.3 Å². The first-order valence-corrected chi connectivity index (χ1v) is 7.05. The van der Waals surface area contributed by atoms with Gasteiger partial charge < -0.3 is 5.11 Å². The molecule has 4 aliphatic carbocycles. The zero-order valence-corrected chi connectivity index (χ0v) is 11.2. The van der Waals surface area contributed by atoms with Crippen molar-refractivity contribution in [3.63, 3.8) is 0 Å². The van der Waals surface area contributed by atoms with Crippen LogP contribution in [-0.2, 0) is 0 Å². The number of hydrogen-bond acceptors (Lipinski definition) is 1. The molecule has 16 heavy (non-hydrogen) atoms. The maximum absolute atomic E-state index is 11.4. The smallest absolute Gasteiger partial charge is 0.0759 e. The minimum atomic E-state index is -0.388. The van der Waals surface area contributed by atoms with Crippen molar-refractivity contribution >= 4 is 0 Å². The second kappa shape index (κ2) is 2.85. The third-order valence-corrected chi connectivity index (χ3v) is 7.09. The Balaban J connectivity index is 2.14. The maximum atomic E-state index is 11.4. The van der Waals surface area contributed by atoms with Gasteiger partial charge in [-0.1, -0.05) is 27.7 Å². The Morgan fingerprint density at radius 1 is 1.06 bits per heavy atom. The average molecular weight is 222 g/mol. The SMILES string of the molecule is CC1CCC2CC3(C)CCC2C1(O)C3(C)C. The van der Waals surface area contributed by atoms with Crippen LogP contribution in [0.25, 0.3) is 0 Å². The van der Waals surface area contributed by atoms with Crippen LogP contribution in [0.2, 0.25) is 0 Å². The summed E-state index contributed by atoms with van der Waals surface area (Å²) >= 11 is 0. The molecule has 4 aliphatic rings. The third-order valence-electron chi connectivity index (χ3n) is 7.09. The molecule has 0 aromatic rings. The number of fused-ring (bicyclic) bond motifs is 1. The molecule has 92 valence electrons. The van der Waals surface area contributed by atoms with Crippen molar-refractivity contribution in [2.75, 3.05) is 0 Å². The van der Waals surface area contributed by atoms with Crippen LogP contribution in [0.1, 0.15) is 59.8 Å². The van der Waals surface area contributed by atoms with E-state index >= 15 is 0 Å². The van der Waals surface area contributed by atoms with Gasteiger partial charge in [-0.2, -0.15) is 0 Å². The van der Waals surface area contributed by atoms with Gasteiger partial charge in [0.05, 0.1) is 5.60 Å². The predicted octanol–water partition coefficient (Wildman–Crippen LogP) is 3.61. The van der Waals surface area contributed by atoms with Crippen molar-refractivity contribution in [1.29, 1.82) is 0 Å². The summed E-state index contributed by atoms with van der Waals surface area (Å²) in [5.41, 5.74) is 0.0796. The molecule has 5 atom stereocenters. The van der Waals surface area contributed by atoms with Gasteiger partial charge >= 0.3 is 0 Å². The average Bonchev–Trinajstić information content (AvgIpc) is 2.21. The fourth-order valence-corrected chi connectivity index (χ4v) is 5.60. The van der Waals surface area contributed by atoms with Crippen LogP contribution in [0, 0.1) is 28.6 Å². The van der Waals surface area contributed by atoms with Gasteiger partial charge in [0, 0.05) is 0 Å². The van der Waals surface area contributed by atoms with E-state index in [2.05, 4.69) is 27.7 Å². The van der Waals surface area contributed by atoms with E-state index in [1.165, 1.54) is 32.1 Å². The highest BCUT2D eigenvalue weighted by Gasteiger charge is 2.69. The number of hydrogen-bond donors (Lipinski definition) is 1. The van der Waals surface area contributed by atoms with Crippen molar-refractivity contribution in [2.45, 2.75) is 65.4 Å². The van der Waals surface area contributed by atoms with E-state index in [4.69, 9.17) is 0 Å². The summed E-state index contributed by atoms with van der Waals surface area (Å²) in [5.74, 6) is 1.89. The Labute approximate surface area is 99.6 Å². The van der Waals surface area contributed by atoms with Crippen molar-refractivity contribution in [3.8, 4) is 0 Å². The van der Waals surface area contributed by atoms with E-state index in [1.807, 2.05) is 0 Å². The van der Waals surface area contributed by atoms with Gasteiger partial charge in [0.25, 0.3) is 0 Å². The van der Waals surface area contributed by atoms with Crippen LogP contribution in [-0.4, -0.2) is 10.7 Å². The fraction of sp³-hybridized carbons (Fsp3) is 1.00. The molecule has 0 heterocycles. The predicted molar refractivity (Wildman–Crippen MR) is 66.1 cm³/mol. The zero-order chi connectivity index (χ0) is 11.8. The van der Waals surface area contributed by atoms with Crippen LogP contribution in [0.5, 0.6) is 0 Å². The lowest BCUT2D eigenvalue weighted by molar-refractivity contribution is -0.288. The van der Waals surface area contributed by atoms with Crippen molar-refractivity contribution in [1.82, 2.24) is 0 Å². The quantitative estimate of drug-likeness (QED) is 0.664. The lowest BCUT2D eigenvalue weighted by Gasteiger charge is -2.71. The molecule has 0 saturated heterocycles. The summed E-state index contributed by atoms with van der Waals surface area (Å²) in [4.78, 5) is 0. The van der Waals surface area contributed by atoms with E-state index in [9.17, 15) is 5.11 Å². The molecule has 4 rings (SSSR count). The molecule has 0 aliphatic heterocycles. The van der Waals surface area contributed by atoms with E-state index in [-0.39, 0.29) is 11.0 Å². The van der Waals surface area contributed by atoms with Crippen LogP contribution in [0.3, 0.4) is 0 Å². The lowest BCUT2D eigenvalue weighted by Crippen LogP contribution is -2.71. The summed E-state index contributed by atoms with van der Waals surface area (Å²) in [7, 11) is 0. The lowest BCUT2D eigenvalue weighted by atomic mass is 9.36. The van der Waals surface area contributed by atoms with Crippen molar-refractivity contribution in [3.05, 3.63) is 0 Å². The topological polar surface area (TPSA) is 20.2 Å². The molecule has 0 amide bonds. The second-order valence-corrected chi connectivity index (χ2v) is 7.60. The molecule has 4 fully saturated rings. The molecular weight excluding hydrogens is 196 g/mol. The molecule has 4 bridgehead atoms. The molecule has 4 saturated carbocycles. The van der Waals surface area contributed by atoms with Gasteiger partial charge in [-0.3, -0.25) is 0 Å². The van der Waals surface area contributed by atoms with Crippen LogP contribution in [0.4, 0.5) is 0 Å². The Morgan fingerprint density at radius 2 is 1.75 bits per heavy atom. The molecule has 0 spiro atoms. The molecule has 0 aromatic heterocycles. The Kier molecular flexibility index (Phi) is 1.98. The first kappa shape index (κ1) is 11.1. The highest BCUT2D eigenvalue weighted by molar-refractivity contribution is 5.18. The molecule has 1 nitrogen and oxygen atoms in total. The largest absolute Gasteiger partial charge is 0.389 e. The van der Waals surface area contributed by atoms with E-state index in [0.717, 1.165) is 5.92 Å². The van der Waals surface area contributed by atoms with Crippen LogP contribution < -0.4 is 0 Å². The Hall–Kier alpha value is -0.0400. The van der Waals surface area contributed by atoms with Gasteiger partial charge in [-0.05, 0) is 60.7 Å². The van der Waals surface area contributed by atoms with Crippen LogP contribution in [0.15, 0.2) is 0 Å². The number of rotatable bonds is 0. The van der Waals surface area contributed by atoms with Gasteiger partial charge in [0.1, 0.15) is 0 Å². The van der Waals surface area contributed by atoms with Crippen LogP contribution >= 0.6 is 0 Å². The Bertz CT molecular complexity index is 319. The highest BCUT2D eigenvalue weighted by Crippen LogP contribution is 2.71. The third kappa shape index (κ3) is 0.939. The molecule has 1 heteroatoms. The molecule has 0 aromatic carbocycles. The second-order valence-electron chi connectivity index (χ2n) is 7.60. The summed E-state index contributed by atoms with van der Waals surface area (Å²) in [6.07, 6.45) is 6.55. The maximum Gasteiger partial charge on any atom is 0.0759 e.